The minimum atomic E-state index is 0. The lowest BCUT2D eigenvalue weighted by Crippen LogP contribution is -2.33. The van der Waals surface area contributed by atoms with Gasteiger partial charge in [-0.2, -0.15) is 0 Å². The predicted octanol–water partition coefficient (Wildman–Crippen LogP) is 3.98. The molecule has 6 nitrogen and oxygen atoms in total. The molecule has 2 aromatic heterocycles. The van der Waals surface area contributed by atoms with E-state index in [9.17, 15) is 0 Å². The number of nitrogens with one attached hydrogen (secondary N) is 1. The molecule has 142 valence electrons. The highest BCUT2D eigenvalue weighted by Gasteiger charge is 2.58. The third kappa shape index (κ3) is 2.40. The molecule has 1 N–H and O–H groups in total. The van der Waals surface area contributed by atoms with Crippen LogP contribution in [0.2, 0.25) is 0 Å². The van der Waals surface area contributed by atoms with E-state index in [1.165, 1.54) is 24.8 Å². The number of aromatic nitrogens is 5. The minimum Gasteiger partial charge on any atom is -0.362 e. The molecular formula is C22H24N6. The van der Waals surface area contributed by atoms with Gasteiger partial charge in [0, 0.05) is 12.9 Å². The van der Waals surface area contributed by atoms with Crippen LogP contribution in [-0.4, -0.2) is 31.0 Å². The van der Waals surface area contributed by atoms with E-state index in [1.54, 1.807) is 11.9 Å². The number of fused-ring (bicyclic) bond motifs is 1. The number of rotatable bonds is 4. The van der Waals surface area contributed by atoms with E-state index < -0.39 is 0 Å². The highest BCUT2D eigenvalue weighted by atomic mass is 15.4. The van der Waals surface area contributed by atoms with Gasteiger partial charge in [-0.25, -0.2) is 14.6 Å². The van der Waals surface area contributed by atoms with Gasteiger partial charge in [-0.05, 0) is 36.3 Å². The number of allylic oxidation sites excluding steroid dienone is 3. The molecule has 6 rings (SSSR count). The molecule has 0 bridgehead atoms. The maximum absolute atomic E-state index is 4.51. The average molecular weight is 372 g/mol. The summed E-state index contributed by atoms with van der Waals surface area (Å²) in [6, 6.07) is 10.6. The van der Waals surface area contributed by atoms with Gasteiger partial charge in [0.1, 0.15) is 6.33 Å². The van der Waals surface area contributed by atoms with Crippen molar-refractivity contribution in [2.45, 2.75) is 38.3 Å². The summed E-state index contributed by atoms with van der Waals surface area (Å²) in [7, 11) is 0. The zero-order chi connectivity index (χ0) is 18.6. The second kappa shape index (κ2) is 5.99. The second-order valence-corrected chi connectivity index (χ2v) is 8.19. The van der Waals surface area contributed by atoms with Gasteiger partial charge >= 0.3 is 0 Å². The Kier molecular flexibility index (Phi) is 3.42. The van der Waals surface area contributed by atoms with E-state index in [-0.39, 0.29) is 1.43 Å². The highest BCUT2D eigenvalue weighted by molar-refractivity contribution is 5.82. The van der Waals surface area contributed by atoms with Crippen molar-refractivity contribution in [3.63, 3.8) is 0 Å². The van der Waals surface area contributed by atoms with Crippen LogP contribution in [0.1, 0.15) is 32.7 Å². The lowest BCUT2D eigenvalue weighted by atomic mass is 9.75. The van der Waals surface area contributed by atoms with Crippen molar-refractivity contribution >= 4 is 17.0 Å². The summed E-state index contributed by atoms with van der Waals surface area (Å²) in [6.45, 7) is 0.651. The molecule has 0 aliphatic heterocycles. The average Bonchev–Trinajstić information content (AvgIpc) is 3.31. The molecule has 3 aromatic rings. The monoisotopic (exact) mass is 372 g/mol. The van der Waals surface area contributed by atoms with Crippen LogP contribution in [0.15, 0.2) is 60.5 Å². The van der Waals surface area contributed by atoms with Crippen LogP contribution in [0.4, 0.5) is 5.82 Å². The summed E-state index contributed by atoms with van der Waals surface area (Å²) < 4.78 is 1.85. The van der Waals surface area contributed by atoms with Crippen LogP contribution in [0.25, 0.3) is 11.2 Å². The van der Waals surface area contributed by atoms with Crippen molar-refractivity contribution < 1.29 is 1.43 Å². The number of nitrogens with zero attached hydrogens (tertiary/aromatic N) is 5. The smallest absolute Gasteiger partial charge is 0.184 e. The Morgan fingerprint density at radius 1 is 1.21 bits per heavy atom. The van der Waals surface area contributed by atoms with E-state index in [2.05, 4.69) is 56.0 Å². The van der Waals surface area contributed by atoms with E-state index >= 15 is 0 Å². The zero-order valence-electron chi connectivity index (χ0n) is 15.6. The van der Waals surface area contributed by atoms with E-state index in [1.807, 2.05) is 22.9 Å². The fourth-order valence-corrected chi connectivity index (χ4v) is 5.12. The first-order chi connectivity index (χ1) is 13.8. The van der Waals surface area contributed by atoms with Crippen LogP contribution in [0.3, 0.4) is 0 Å². The topological polar surface area (TPSA) is 68.5 Å². The second-order valence-electron chi connectivity index (χ2n) is 8.19. The molecule has 0 saturated heterocycles. The van der Waals surface area contributed by atoms with Crippen molar-refractivity contribution in [1.29, 1.82) is 0 Å². The maximum atomic E-state index is 4.51. The van der Waals surface area contributed by atoms with Gasteiger partial charge in [-0.1, -0.05) is 60.2 Å². The van der Waals surface area contributed by atoms with Crippen LogP contribution in [0.5, 0.6) is 0 Å². The number of hydrogen-bond donors (Lipinski definition) is 1. The molecule has 2 saturated carbocycles. The molecule has 2 heterocycles. The first kappa shape index (κ1) is 16.0. The highest BCUT2D eigenvalue weighted by Crippen LogP contribution is 2.66. The largest absolute Gasteiger partial charge is 0.362 e. The van der Waals surface area contributed by atoms with E-state index in [0.717, 1.165) is 29.3 Å². The predicted molar refractivity (Wildman–Crippen MR) is 110 cm³/mol. The molecule has 1 aromatic carbocycles. The van der Waals surface area contributed by atoms with Crippen LogP contribution in [-0.2, 0) is 6.54 Å². The summed E-state index contributed by atoms with van der Waals surface area (Å²) in [5, 5.41) is 12.4. The Morgan fingerprint density at radius 2 is 2.14 bits per heavy atom. The third-order valence-electron chi connectivity index (χ3n) is 6.61. The van der Waals surface area contributed by atoms with Crippen LogP contribution < -0.4 is 5.32 Å². The van der Waals surface area contributed by atoms with Crippen molar-refractivity contribution in [3.8, 4) is 0 Å². The molecule has 6 heteroatoms. The Balaban J connectivity index is 0.00000181. The van der Waals surface area contributed by atoms with Crippen molar-refractivity contribution in [2.75, 3.05) is 5.32 Å². The summed E-state index contributed by atoms with van der Waals surface area (Å²) in [5.41, 5.74) is 4.66. The molecule has 3 aliphatic rings. The summed E-state index contributed by atoms with van der Waals surface area (Å²) in [6.07, 6.45) is 13.6. The van der Waals surface area contributed by atoms with Crippen molar-refractivity contribution in [1.82, 2.24) is 25.0 Å². The van der Waals surface area contributed by atoms with Gasteiger partial charge in [0.2, 0.25) is 0 Å². The summed E-state index contributed by atoms with van der Waals surface area (Å²) in [4.78, 5) is 8.97. The molecule has 3 atom stereocenters. The summed E-state index contributed by atoms with van der Waals surface area (Å²) in [5.74, 6) is 1.54. The Labute approximate surface area is 164 Å². The zero-order valence-corrected chi connectivity index (χ0v) is 15.6. The van der Waals surface area contributed by atoms with Gasteiger partial charge in [0.25, 0.3) is 0 Å². The standard InChI is InChI=1S/C22H22N6.H2/c1-2-6-15(7-3-1)13-28-21-19(26-27-28)20(23-14-24-21)25-18-10-5-11-22-12-16(22)8-4-9-17(18)22;/h1-4,6-9,14,16,18H,5,10-13H2,(H,23,24,25);1H. The van der Waals surface area contributed by atoms with Gasteiger partial charge < -0.3 is 5.32 Å². The fourth-order valence-electron chi connectivity index (χ4n) is 5.12. The molecule has 3 unspecified atom stereocenters. The summed E-state index contributed by atoms with van der Waals surface area (Å²) >= 11 is 0. The number of anilines is 1. The third-order valence-corrected chi connectivity index (χ3v) is 6.61. The van der Waals surface area contributed by atoms with Crippen LogP contribution >= 0.6 is 0 Å². The SMILES string of the molecule is C1=CC2CC23CCCC(Nc2ncnc4c2nnn4Cc2ccccc2)C3=C1.[HH]. The minimum absolute atomic E-state index is 0. The molecule has 3 aliphatic carbocycles. The number of benzene rings is 1. The number of hydrogen-bond acceptors (Lipinski definition) is 5. The molecule has 2 fully saturated rings. The first-order valence-electron chi connectivity index (χ1n) is 10.1. The molecule has 28 heavy (non-hydrogen) atoms. The fraction of sp³-hybridized carbons (Fsp3) is 0.364. The lowest BCUT2D eigenvalue weighted by molar-refractivity contribution is 0.396. The quantitative estimate of drug-likeness (QED) is 0.750. The Morgan fingerprint density at radius 3 is 3.07 bits per heavy atom. The normalized spacial score (nSPS) is 27.8. The lowest BCUT2D eigenvalue weighted by Gasteiger charge is -2.35. The Bertz CT molecular complexity index is 1100. The molecule has 0 radical (unpaired) electrons. The van der Waals surface area contributed by atoms with Gasteiger partial charge in [-0.3, -0.25) is 0 Å². The van der Waals surface area contributed by atoms with Gasteiger partial charge in [0.05, 0.1) is 6.54 Å². The molecular weight excluding hydrogens is 348 g/mol. The van der Waals surface area contributed by atoms with Crippen LogP contribution in [0, 0.1) is 11.3 Å². The Hall–Kier alpha value is -3.02. The van der Waals surface area contributed by atoms with Crippen molar-refractivity contribution in [3.05, 3.63) is 66.0 Å². The van der Waals surface area contributed by atoms with Crippen molar-refractivity contribution in [2.24, 2.45) is 11.3 Å². The van der Waals surface area contributed by atoms with Gasteiger partial charge in [-0.15, -0.1) is 5.10 Å². The van der Waals surface area contributed by atoms with Gasteiger partial charge in [0.15, 0.2) is 17.0 Å². The molecule has 1 spiro atoms. The maximum Gasteiger partial charge on any atom is 0.184 e. The van der Waals surface area contributed by atoms with E-state index in [0.29, 0.717) is 18.0 Å². The van der Waals surface area contributed by atoms with E-state index in [4.69, 9.17) is 0 Å². The molecule has 0 amide bonds. The first-order valence-corrected chi connectivity index (χ1v) is 10.1.